The van der Waals surface area contributed by atoms with E-state index < -0.39 is 0 Å². The van der Waals surface area contributed by atoms with Crippen molar-refractivity contribution in [3.63, 3.8) is 0 Å². The number of rotatable bonds is 4. The van der Waals surface area contributed by atoms with Gasteiger partial charge in [0.05, 0.1) is 7.11 Å². The molecule has 2 fully saturated rings. The van der Waals surface area contributed by atoms with E-state index in [1.807, 2.05) is 24.3 Å². The van der Waals surface area contributed by atoms with Crippen LogP contribution < -0.4 is 10.1 Å². The lowest BCUT2D eigenvalue weighted by molar-refractivity contribution is 0.0915. The van der Waals surface area contributed by atoms with Gasteiger partial charge in [-0.05, 0) is 68.2 Å². The molecule has 1 aromatic carbocycles. The molecule has 108 valence electrons. The average Bonchev–Trinajstić information content (AvgIpc) is 3.10. The Hall–Kier alpha value is -1.51. The number of nitrogens with one attached hydrogen (secondary N) is 1. The molecule has 0 spiro atoms. The summed E-state index contributed by atoms with van der Waals surface area (Å²) < 4.78 is 5.11. The highest BCUT2D eigenvalue weighted by Gasteiger charge is 2.42. The first-order valence-corrected chi connectivity index (χ1v) is 7.62. The Balaban J connectivity index is 1.60. The smallest absolute Gasteiger partial charge is 0.251 e. The van der Waals surface area contributed by atoms with Gasteiger partial charge < -0.3 is 10.1 Å². The van der Waals surface area contributed by atoms with Gasteiger partial charge in [0.15, 0.2) is 0 Å². The lowest BCUT2D eigenvalue weighted by Crippen LogP contribution is -2.40. The normalized spacial score (nSPS) is 29.2. The molecule has 0 radical (unpaired) electrons. The fourth-order valence-electron chi connectivity index (χ4n) is 4.05. The Labute approximate surface area is 120 Å². The molecule has 2 bridgehead atoms. The van der Waals surface area contributed by atoms with Crippen LogP contribution in [-0.2, 0) is 0 Å². The second kappa shape index (κ2) is 5.47. The molecule has 0 saturated heterocycles. The van der Waals surface area contributed by atoms with E-state index in [1.165, 1.54) is 25.7 Å². The zero-order chi connectivity index (χ0) is 14.1. The van der Waals surface area contributed by atoms with E-state index in [-0.39, 0.29) is 11.9 Å². The molecule has 0 aliphatic heterocycles. The van der Waals surface area contributed by atoms with Crippen molar-refractivity contribution in [3.05, 3.63) is 29.8 Å². The van der Waals surface area contributed by atoms with Gasteiger partial charge in [0, 0.05) is 11.6 Å². The van der Waals surface area contributed by atoms with Gasteiger partial charge in [-0.2, -0.15) is 0 Å². The molecule has 1 N–H and O–H groups in total. The Kier molecular flexibility index (Phi) is 3.68. The van der Waals surface area contributed by atoms with E-state index in [0.717, 1.165) is 17.6 Å². The van der Waals surface area contributed by atoms with Crippen LogP contribution in [0.25, 0.3) is 0 Å². The van der Waals surface area contributed by atoms with Gasteiger partial charge in [-0.15, -0.1) is 0 Å². The summed E-state index contributed by atoms with van der Waals surface area (Å²) >= 11 is 0. The fraction of sp³-hybridized carbons (Fsp3) is 0.588. The molecule has 3 rings (SSSR count). The quantitative estimate of drug-likeness (QED) is 0.914. The van der Waals surface area contributed by atoms with Gasteiger partial charge in [0.1, 0.15) is 5.75 Å². The first-order valence-electron chi connectivity index (χ1n) is 7.62. The Morgan fingerprint density at radius 1 is 1.25 bits per heavy atom. The minimum atomic E-state index is 0.0305. The summed E-state index contributed by atoms with van der Waals surface area (Å²) in [5, 5.41) is 3.18. The van der Waals surface area contributed by atoms with Crippen molar-refractivity contribution in [2.75, 3.05) is 7.11 Å². The molecule has 2 saturated carbocycles. The highest BCUT2D eigenvalue weighted by molar-refractivity contribution is 5.94. The predicted molar refractivity (Wildman–Crippen MR) is 78.9 cm³/mol. The van der Waals surface area contributed by atoms with E-state index in [1.54, 1.807) is 7.11 Å². The molecule has 3 heteroatoms. The van der Waals surface area contributed by atoms with Crippen LogP contribution in [0.3, 0.4) is 0 Å². The molecule has 0 unspecified atom stereocenters. The summed E-state index contributed by atoms with van der Waals surface area (Å²) in [5.74, 6) is 3.25. The van der Waals surface area contributed by atoms with Crippen molar-refractivity contribution in [1.82, 2.24) is 5.32 Å². The molecule has 0 heterocycles. The van der Waals surface area contributed by atoms with E-state index in [2.05, 4.69) is 12.2 Å². The van der Waals surface area contributed by atoms with Gasteiger partial charge in [0.2, 0.25) is 0 Å². The second-order valence-electron chi connectivity index (χ2n) is 6.33. The van der Waals surface area contributed by atoms with Crippen LogP contribution in [0, 0.1) is 17.8 Å². The molecule has 3 nitrogen and oxygen atoms in total. The van der Waals surface area contributed by atoms with Crippen molar-refractivity contribution >= 4 is 5.91 Å². The van der Waals surface area contributed by atoms with E-state index in [0.29, 0.717) is 11.5 Å². The maximum Gasteiger partial charge on any atom is 0.251 e. The fourth-order valence-corrected chi connectivity index (χ4v) is 4.05. The van der Waals surface area contributed by atoms with Crippen LogP contribution >= 0.6 is 0 Å². The standard InChI is InChI=1S/C17H23NO2/c1-11(16-10-12-3-4-14(16)9-12)18-17(19)13-5-7-15(20-2)8-6-13/h5-8,11-12,14,16H,3-4,9-10H2,1-2H3,(H,18,19)/t11-,12+,14+,16-/m0/s1. The Bertz CT molecular complexity index is 482. The lowest BCUT2D eigenvalue weighted by atomic mass is 9.84. The number of ether oxygens (including phenoxy) is 1. The molecule has 2 aliphatic carbocycles. The number of carbonyl (C=O) groups excluding carboxylic acids is 1. The second-order valence-corrected chi connectivity index (χ2v) is 6.33. The maximum atomic E-state index is 12.3. The summed E-state index contributed by atoms with van der Waals surface area (Å²) in [4.78, 5) is 12.3. The first-order chi connectivity index (χ1) is 9.67. The zero-order valence-corrected chi connectivity index (χ0v) is 12.3. The summed E-state index contributed by atoms with van der Waals surface area (Å²) in [6.07, 6.45) is 5.44. The predicted octanol–water partition coefficient (Wildman–Crippen LogP) is 3.25. The number of methoxy groups -OCH3 is 1. The topological polar surface area (TPSA) is 38.3 Å². The minimum Gasteiger partial charge on any atom is -0.497 e. The van der Waals surface area contributed by atoms with Crippen molar-refractivity contribution in [3.8, 4) is 5.75 Å². The van der Waals surface area contributed by atoms with Crippen LogP contribution in [0.2, 0.25) is 0 Å². The number of benzene rings is 1. The summed E-state index contributed by atoms with van der Waals surface area (Å²) in [6, 6.07) is 7.58. The molecule has 1 aromatic rings. The number of fused-ring (bicyclic) bond motifs is 2. The van der Waals surface area contributed by atoms with E-state index >= 15 is 0 Å². The number of hydrogen-bond acceptors (Lipinski definition) is 2. The SMILES string of the molecule is COc1ccc(C(=O)N[C@@H](C)[C@@H]2C[C@@H]3CC[C@@H]2C3)cc1. The summed E-state index contributed by atoms with van der Waals surface area (Å²) in [7, 11) is 1.63. The first kappa shape index (κ1) is 13.5. The number of carbonyl (C=O) groups is 1. The van der Waals surface area contributed by atoms with Crippen LogP contribution in [0.15, 0.2) is 24.3 Å². The molecule has 1 amide bonds. The third kappa shape index (κ3) is 2.54. The van der Waals surface area contributed by atoms with Crippen molar-refractivity contribution in [1.29, 1.82) is 0 Å². The molecule has 20 heavy (non-hydrogen) atoms. The molecule has 4 atom stereocenters. The van der Waals surface area contributed by atoms with Crippen molar-refractivity contribution in [2.45, 2.75) is 38.6 Å². The number of hydrogen-bond donors (Lipinski definition) is 1. The van der Waals surface area contributed by atoms with E-state index in [4.69, 9.17) is 4.74 Å². The minimum absolute atomic E-state index is 0.0305. The Morgan fingerprint density at radius 2 is 2.00 bits per heavy atom. The van der Waals surface area contributed by atoms with Crippen LogP contribution in [0.1, 0.15) is 43.0 Å². The van der Waals surface area contributed by atoms with E-state index in [9.17, 15) is 4.79 Å². The van der Waals surface area contributed by atoms with Gasteiger partial charge in [0.25, 0.3) is 5.91 Å². The largest absolute Gasteiger partial charge is 0.497 e. The highest BCUT2D eigenvalue weighted by Crippen LogP contribution is 2.49. The third-order valence-electron chi connectivity index (χ3n) is 5.15. The van der Waals surface area contributed by atoms with Gasteiger partial charge in [-0.1, -0.05) is 6.42 Å². The molecule has 2 aliphatic rings. The third-order valence-corrected chi connectivity index (χ3v) is 5.15. The lowest BCUT2D eigenvalue weighted by Gasteiger charge is -2.28. The highest BCUT2D eigenvalue weighted by atomic mass is 16.5. The van der Waals surface area contributed by atoms with Gasteiger partial charge in [-0.3, -0.25) is 4.79 Å². The summed E-state index contributed by atoms with van der Waals surface area (Å²) in [5.41, 5.74) is 0.709. The maximum absolute atomic E-state index is 12.3. The molecular formula is C17H23NO2. The van der Waals surface area contributed by atoms with Crippen LogP contribution in [0.5, 0.6) is 5.75 Å². The van der Waals surface area contributed by atoms with Crippen molar-refractivity contribution < 1.29 is 9.53 Å². The number of amides is 1. The van der Waals surface area contributed by atoms with Crippen LogP contribution in [0.4, 0.5) is 0 Å². The average molecular weight is 273 g/mol. The van der Waals surface area contributed by atoms with Crippen molar-refractivity contribution in [2.24, 2.45) is 17.8 Å². The molecular weight excluding hydrogens is 250 g/mol. The van der Waals surface area contributed by atoms with Crippen LogP contribution in [-0.4, -0.2) is 19.1 Å². The monoisotopic (exact) mass is 273 g/mol. The summed E-state index contributed by atoms with van der Waals surface area (Å²) in [6.45, 7) is 2.16. The molecule has 0 aromatic heterocycles. The Morgan fingerprint density at radius 3 is 2.55 bits per heavy atom. The zero-order valence-electron chi connectivity index (χ0n) is 12.3. The van der Waals surface area contributed by atoms with Gasteiger partial charge >= 0.3 is 0 Å². The van der Waals surface area contributed by atoms with Gasteiger partial charge in [-0.25, -0.2) is 0 Å².